The molecule has 0 N–H and O–H groups in total. The molecule has 0 aliphatic carbocycles. The number of methoxy groups -OCH3 is 2. The lowest BCUT2D eigenvalue weighted by Gasteiger charge is -2.31. The van der Waals surface area contributed by atoms with Gasteiger partial charge in [-0.15, -0.1) is 0 Å². The van der Waals surface area contributed by atoms with Gasteiger partial charge in [0.05, 0.1) is 39.2 Å². The summed E-state index contributed by atoms with van der Waals surface area (Å²) in [6.07, 6.45) is 0.299. The van der Waals surface area contributed by atoms with E-state index in [0.29, 0.717) is 61.1 Å². The number of rotatable bonds is 10. The quantitative estimate of drug-likeness (QED) is 0.364. The minimum atomic E-state index is -0.527. The minimum Gasteiger partial charge on any atom is -0.497 e. The number of amides is 2. The van der Waals surface area contributed by atoms with Gasteiger partial charge in [-0.25, -0.2) is 9.40 Å². The van der Waals surface area contributed by atoms with Gasteiger partial charge in [0.15, 0.2) is 0 Å². The molecule has 0 saturated carbocycles. The number of nitrogens with zero attached hydrogens (tertiary/aromatic N) is 4. The fourth-order valence-corrected chi connectivity index (χ4v) is 5.27. The molecule has 1 atom stereocenters. The summed E-state index contributed by atoms with van der Waals surface area (Å²) in [5.74, 6) is 0.177. The van der Waals surface area contributed by atoms with Crippen LogP contribution >= 0.6 is 0 Å². The molecule has 2 aliphatic heterocycles. The van der Waals surface area contributed by atoms with E-state index >= 15 is 0 Å². The van der Waals surface area contributed by atoms with Gasteiger partial charge in [0, 0.05) is 49.3 Å². The normalized spacial score (nSPS) is 17.1. The maximum Gasteiger partial charge on any atom is 0.262 e. The van der Waals surface area contributed by atoms with Gasteiger partial charge in [-0.05, 0) is 36.4 Å². The molecule has 2 aliphatic rings. The predicted molar refractivity (Wildman–Crippen MR) is 156 cm³/mol. The van der Waals surface area contributed by atoms with E-state index in [1.165, 1.54) is 11.1 Å². The molecule has 0 aromatic heterocycles. The van der Waals surface area contributed by atoms with Crippen molar-refractivity contribution >= 4 is 17.5 Å². The van der Waals surface area contributed by atoms with Crippen LogP contribution in [-0.4, -0.2) is 92.5 Å². The standard InChI is InChI=1S/C32H35FN4O5/c1-40-24-13-11-23(12-14-24)32(39)36(16-15-35-17-19-42-20-18-35)22-31(38)37-29(26-8-4-6-10-30(26)41-2)21-28(34-37)25-7-3-5-9-27(25)33/h3-14,29H,15-22H2,1-2H3/t29-/m0/s1. The Bertz CT molecular complexity index is 1420. The van der Waals surface area contributed by atoms with Gasteiger partial charge >= 0.3 is 0 Å². The molecule has 9 nitrogen and oxygen atoms in total. The lowest BCUT2D eigenvalue weighted by atomic mass is 9.97. The summed E-state index contributed by atoms with van der Waals surface area (Å²) in [6, 6.07) is 20.1. The molecular weight excluding hydrogens is 539 g/mol. The van der Waals surface area contributed by atoms with Crippen molar-refractivity contribution < 1.29 is 28.2 Å². The highest BCUT2D eigenvalue weighted by molar-refractivity contribution is 6.04. The summed E-state index contributed by atoms with van der Waals surface area (Å²) in [6.45, 7) is 3.52. The maximum absolute atomic E-state index is 14.8. The Morgan fingerprint density at radius 3 is 2.40 bits per heavy atom. The average molecular weight is 575 g/mol. The third kappa shape index (κ3) is 6.61. The first-order valence-corrected chi connectivity index (χ1v) is 14.0. The van der Waals surface area contributed by atoms with E-state index < -0.39 is 11.9 Å². The molecule has 0 unspecified atom stereocenters. The predicted octanol–water partition coefficient (Wildman–Crippen LogP) is 4.00. The summed E-state index contributed by atoms with van der Waals surface area (Å²) in [5, 5.41) is 6.01. The maximum atomic E-state index is 14.8. The molecule has 2 heterocycles. The number of carbonyl (C=O) groups excluding carboxylic acids is 2. The molecule has 2 amide bonds. The van der Waals surface area contributed by atoms with Crippen molar-refractivity contribution in [2.45, 2.75) is 12.5 Å². The van der Waals surface area contributed by atoms with Crippen molar-refractivity contribution in [1.29, 1.82) is 0 Å². The highest BCUT2D eigenvalue weighted by Gasteiger charge is 2.36. The van der Waals surface area contributed by atoms with Crippen LogP contribution in [0.1, 0.15) is 33.9 Å². The second-order valence-corrected chi connectivity index (χ2v) is 10.1. The zero-order valence-corrected chi connectivity index (χ0v) is 23.9. The molecular formula is C32H35FN4O5. The Balaban J connectivity index is 1.44. The molecule has 42 heavy (non-hydrogen) atoms. The number of benzene rings is 3. The van der Waals surface area contributed by atoms with Crippen LogP contribution in [0.2, 0.25) is 0 Å². The number of morpholine rings is 1. The Morgan fingerprint density at radius 2 is 1.69 bits per heavy atom. The van der Waals surface area contributed by atoms with Crippen molar-refractivity contribution in [3.63, 3.8) is 0 Å². The zero-order chi connectivity index (χ0) is 29.5. The highest BCUT2D eigenvalue weighted by Crippen LogP contribution is 2.37. The number of carbonyl (C=O) groups is 2. The van der Waals surface area contributed by atoms with Crippen LogP contribution in [0.3, 0.4) is 0 Å². The third-order valence-electron chi connectivity index (χ3n) is 7.59. The summed E-state index contributed by atoms with van der Waals surface area (Å²) in [5.41, 5.74) is 2.00. The van der Waals surface area contributed by atoms with Crippen molar-refractivity contribution in [2.24, 2.45) is 5.10 Å². The van der Waals surface area contributed by atoms with Gasteiger partial charge in [-0.2, -0.15) is 5.10 Å². The minimum absolute atomic E-state index is 0.200. The topological polar surface area (TPSA) is 83.9 Å². The van der Waals surface area contributed by atoms with Crippen molar-refractivity contribution in [3.8, 4) is 11.5 Å². The Hall–Kier alpha value is -4.28. The summed E-state index contributed by atoms with van der Waals surface area (Å²) in [7, 11) is 3.13. The van der Waals surface area contributed by atoms with E-state index in [0.717, 1.165) is 18.7 Å². The van der Waals surface area contributed by atoms with Crippen molar-refractivity contribution in [3.05, 3.63) is 95.3 Å². The number of halogens is 1. The van der Waals surface area contributed by atoms with E-state index in [1.807, 2.05) is 24.3 Å². The lowest BCUT2D eigenvalue weighted by molar-refractivity contribution is -0.133. The first kappa shape index (κ1) is 29.2. The smallest absolute Gasteiger partial charge is 0.262 e. The fourth-order valence-electron chi connectivity index (χ4n) is 5.27. The highest BCUT2D eigenvalue weighted by atomic mass is 19.1. The molecule has 5 rings (SSSR count). The van der Waals surface area contributed by atoms with Gasteiger partial charge < -0.3 is 19.1 Å². The molecule has 220 valence electrons. The van der Waals surface area contributed by atoms with Gasteiger partial charge in [-0.3, -0.25) is 14.5 Å². The van der Waals surface area contributed by atoms with Crippen LogP contribution in [-0.2, 0) is 9.53 Å². The molecule has 3 aromatic rings. The number of para-hydroxylation sites is 1. The monoisotopic (exact) mass is 574 g/mol. The molecule has 1 fully saturated rings. The first-order chi connectivity index (χ1) is 20.5. The molecule has 0 bridgehead atoms. The van der Waals surface area contributed by atoms with E-state index in [-0.39, 0.29) is 18.4 Å². The van der Waals surface area contributed by atoms with E-state index in [4.69, 9.17) is 14.2 Å². The van der Waals surface area contributed by atoms with Crippen LogP contribution in [0.5, 0.6) is 11.5 Å². The van der Waals surface area contributed by atoms with Crippen LogP contribution in [0.25, 0.3) is 0 Å². The van der Waals surface area contributed by atoms with Gasteiger partial charge in [0.1, 0.15) is 23.9 Å². The number of hydrogen-bond acceptors (Lipinski definition) is 7. The zero-order valence-electron chi connectivity index (χ0n) is 23.9. The molecule has 0 spiro atoms. The third-order valence-corrected chi connectivity index (χ3v) is 7.59. The van der Waals surface area contributed by atoms with Crippen LogP contribution in [0.4, 0.5) is 4.39 Å². The van der Waals surface area contributed by atoms with E-state index in [2.05, 4.69) is 10.0 Å². The van der Waals surface area contributed by atoms with E-state index in [9.17, 15) is 14.0 Å². The summed E-state index contributed by atoms with van der Waals surface area (Å²) in [4.78, 5) is 31.5. The summed E-state index contributed by atoms with van der Waals surface area (Å²) < 4.78 is 31.1. The van der Waals surface area contributed by atoms with Gasteiger partial charge in [0.25, 0.3) is 11.8 Å². The second kappa shape index (κ2) is 13.6. The summed E-state index contributed by atoms with van der Waals surface area (Å²) >= 11 is 0. The molecule has 1 saturated heterocycles. The first-order valence-electron chi connectivity index (χ1n) is 14.0. The molecule has 10 heteroatoms. The Kier molecular flexibility index (Phi) is 9.45. The largest absolute Gasteiger partial charge is 0.497 e. The number of hydrogen-bond donors (Lipinski definition) is 0. The SMILES string of the molecule is COc1ccc(C(=O)N(CCN2CCOCC2)CC(=O)N2N=C(c3ccccc3F)C[C@H]2c2ccccc2OC)cc1. The fraction of sp³-hybridized carbons (Fsp3) is 0.344. The van der Waals surface area contributed by atoms with Gasteiger partial charge in [-0.1, -0.05) is 36.4 Å². The van der Waals surface area contributed by atoms with Crippen LogP contribution in [0.15, 0.2) is 77.9 Å². The van der Waals surface area contributed by atoms with Crippen molar-refractivity contribution in [2.75, 3.05) is 60.2 Å². The lowest BCUT2D eigenvalue weighted by Crippen LogP contribution is -2.46. The number of hydrazone groups is 1. The Labute approximate surface area is 245 Å². The Morgan fingerprint density at radius 1 is 0.976 bits per heavy atom. The van der Waals surface area contributed by atoms with Crippen LogP contribution < -0.4 is 9.47 Å². The number of ether oxygens (including phenoxy) is 3. The molecule has 0 radical (unpaired) electrons. The molecule has 3 aromatic carbocycles. The van der Waals surface area contributed by atoms with Crippen molar-refractivity contribution in [1.82, 2.24) is 14.8 Å². The second-order valence-electron chi connectivity index (χ2n) is 10.1. The average Bonchev–Trinajstić information content (AvgIpc) is 3.48. The van der Waals surface area contributed by atoms with Crippen LogP contribution in [0, 0.1) is 5.82 Å². The van der Waals surface area contributed by atoms with Gasteiger partial charge in [0.2, 0.25) is 0 Å². The van der Waals surface area contributed by atoms with E-state index in [1.54, 1.807) is 61.6 Å².